The van der Waals surface area contributed by atoms with Crippen LogP contribution in [0.5, 0.6) is 0 Å². The van der Waals surface area contributed by atoms with Crippen LogP contribution in [0.15, 0.2) is 53.4 Å². The van der Waals surface area contributed by atoms with Crippen molar-refractivity contribution >= 4 is 44.6 Å². The van der Waals surface area contributed by atoms with Crippen LogP contribution in [-0.4, -0.2) is 35.1 Å². The van der Waals surface area contributed by atoms with Crippen LogP contribution in [0.25, 0.3) is 21.6 Å². The van der Waals surface area contributed by atoms with Gasteiger partial charge in [-0.1, -0.05) is 35.9 Å². The van der Waals surface area contributed by atoms with Gasteiger partial charge in [-0.05, 0) is 42.3 Å². The molecule has 0 radical (unpaired) electrons. The summed E-state index contributed by atoms with van der Waals surface area (Å²) >= 11 is 7.36. The third-order valence-corrected chi connectivity index (χ3v) is 6.76. The molecule has 30 heavy (non-hydrogen) atoms. The number of nitrogens with zero attached hydrogens (tertiary/aromatic N) is 1. The standard InChI is InChI=1S/C21H21ClN2O4S2/c1-4-28-21(25)20-17(13-7-11-16(12-8-13)30(23,26)27)18(24(2)3)19(29-20)14-5-9-15(22)10-6-14/h5-12H,4H2,1-3H3,(H2,23,26,27). The van der Waals surface area contributed by atoms with Gasteiger partial charge in [-0.15, -0.1) is 11.3 Å². The summed E-state index contributed by atoms with van der Waals surface area (Å²) < 4.78 is 28.5. The smallest absolute Gasteiger partial charge is 0.349 e. The quantitative estimate of drug-likeness (QED) is 0.537. The number of esters is 1. The van der Waals surface area contributed by atoms with Gasteiger partial charge in [0.25, 0.3) is 0 Å². The van der Waals surface area contributed by atoms with E-state index in [1.54, 1.807) is 31.2 Å². The molecule has 0 saturated heterocycles. The lowest BCUT2D eigenvalue weighted by Gasteiger charge is -2.17. The number of benzene rings is 2. The van der Waals surface area contributed by atoms with E-state index in [9.17, 15) is 13.2 Å². The highest BCUT2D eigenvalue weighted by Gasteiger charge is 2.27. The Balaban J connectivity index is 2.28. The van der Waals surface area contributed by atoms with Crippen molar-refractivity contribution in [3.8, 4) is 21.6 Å². The molecule has 0 amide bonds. The first kappa shape index (κ1) is 22.3. The van der Waals surface area contributed by atoms with Crippen molar-refractivity contribution in [1.82, 2.24) is 0 Å². The summed E-state index contributed by atoms with van der Waals surface area (Å²) in [7, 11) is -0.0421. The molecule has 158 valence electrons. The van der Waals surface area contributed by atoms with E-state index in [0.29, 0.717) is 21.0 Å². The molecule has 0 aliphatic heterocycles. The Morgan fingerprint density at radius 2 is 1.63 bits per heavy atom. The van der Waals surface area contributed by atoms with Crippen LogP contribution in [0.4, 0.5) is 5.69 Å². The van der Waals surface area contributed by atoms with E-state index >= 15 is 0 Å². The average Bonchev–Trinajstić information content (AvgIpc) is 3.09. The van der Waals surface area contributed by atoms with Crippen LogP contribution in [0, 0.1) is 0 Å². The minimum Gasteiger partial charge on any atom is -0.462 e. The van der Waals surface area contributed by atoms with Gasteiger partial charge >= 0.3 is 5.97 Å². The Morgan fingerprint density at radius 3 is 2.13 bits per heavy atom. The largest absolute Gasteiger partial charge is 0.462 e. The van der Waals surface area contributed by atoms with Crippen molar-refractivity contribution in [2.75, 3.05) is 25.6 Å². The van der Waals surface area contributed by atoms with E-state index < -0.39 is 16.0 Å². The van der Waals surface area contributed by atoms with Gasteiger partial charge in [0.2, 0.25) is 10.0 Å². The summed E-state index contributed by atoms with van der Waals surface area (Å²) in [5.41, 5.74) is 3.10. The number of sulfonamides is 1. The minimum atomic E-state index is -3.82. The normalized spacial score (nSPS) is 11.4. The number of thiophene rings is 1. The number of anilines is 1. The van der Waals surface area contributed by atoms with Gasteiger partial charge in [0.1, 0.15) is 4.88 Å². The van der Waals surface area contributed by atoms with Crippen molar-refractivity contribution in [2.45, 2.75) is 11.8 Å². The molecular formula is C21H21ClN2O4S2. The van der Waals surface area contributed by atoms with Gasteiger partial charge in [-0.2, -0.15) is 0 Å². The molecule has 2 N–H and O–H groups in total. The molecule has 0 saturated carbocycles. The predicted octanol–water partition coefficient (Wildman–Crippen LogP) is 4.63. The summed E-state index contributed by atoms with van der Waals surface area (Å²) in [5.74, 6) is -0.434. The molecule has 0 aliphatic rings. The van der Waals surface area contributed by atoms with Crippen LogP contribution in [0.1, 0.15) is 16.6 Å². The first-order valence-electron chi connectivity index (χ1n) is 9.04. The van der Waals surface area contributed by atoms with Crippen LogP contribution < -0.4 is 10.0 Å². The number of hydrogen-bond donors (Lipinski definition) is 1. The van der Waals surface area contributed by atoms with E-state index in [1.807, 2.05) is 31.1 Å². The number of hydrogen-bond acceptors (Lipinski definition) is 6. The average molecular weight is 465 g/mol. The summed E-state index contributed by atoms with van der Waals surface area (Å²) in [6.07, 6.45) is 0. The number of primary sulfonamides is 1. The summed E-state index contributed by atoms with van der Waals surface area (Å²) in [5, 5.41) is 5.83. The van der Waals surface area contributed by atoms with Crippen molar-refractivity contribution in [1.29, 1.82) is 0 Å². The van der Waals surface area contributed by atoms with Gasteiger partial charge < -0.3 is 9.64 Å². The number of rotatable bonds is 6. The van der Waals surface area contributed by atoms with E-state index in [0.717, 1.165) is 16.1 Å². The fraction of sp³-hybridized carbons (Fsp3) is 0.190. The Kier molecular flexibility index (Phi) is 6.52. The number of ether oxygens (including phenoxy) is 1. The highest BCUT2D eigenvalue weighted by molar-refractivity contribution is 7.89. The molecule has 3 aromatic rings. The zero-order chi connectivity index (χ0) is 22.1. The molecule has 3 rings (SSSR count). The molecule has 0 aliphatic carbocycles. The predicted molar refractivity (Wildman–Crippen MR) is 122 cm³/mol. The van der Waals surface area contributed by atoms with Crippen molar-refractivity contribution < 1.29 is 17.9 Å². The molecule has 2 aromatic carbocycles. The third kappa shape index (κ3) is 4.52. The number of carbonyl (C=O) groups is 1. The van der Waals surface area contributed by atoms with Crippen LogP contribution in [-0.2, 0) is 14.8 Å². The molecule has 0 spiro atoms. The van der Waals surface area contributed by atoms with Gasteiger partial charge in [0.15, 0.2) is 0 Å². The Morgan fingerprint density at radius 1 is 1.07 bits per heavy atom. The lowest BCUT2D eigenvalue weighted by atomic mass is 10.0. The second kappa shape index (κ2) is 8.77. The lowest BCUT2D eigenvalue weighted by molar-refractivity contribution is 0.0533. The maximum Gasteiger partial charge on any atom is 0.349 e. The molecular weight excluding hydrogens is 444 g/mol. The zero-order valence-corrected chi connectivity index (χ0v) is 19.1. The second-order valence-corrected chi connectivity index (χ2v) is 9.69. The summed E-state index contributed by atoms with van der Waals surface area (Å²) in [4.78, 5) is 16.0. The SMILES string of the molecule is CCOC(=O)c1sc(-c2ccc(Cl)cc2)c(N(C)C)c1-c1ccc(S(N)(=O)=O)cc1. The molecule has 6 nitrogen and oxygen atoms in total. The third-order valence-electron chi connectivity index (χ3n) is 4.37. The van der Waals surface area contributed by atoms with Crippen molar-refractivity contribution in [2.24, 2.45) is 5.14 Å². The molecule has 0 atom stereocenters. The van der Waals surface area contributed by atoms with Crippen LogP contribution in [0.3, 0.4) is 0 Å². The van der Waals surface area contributed by atoms with Crippen molar-refractivity contribution in [3.05, 3.63) is 58.4 Å². The maximum absolute atomic E-state index is 12.8. The van der Waals surface area contributed by atoms with Crippen molar-refractivity contribution in [3.63, 3.8) is 0 Å². The molecule has 0 fully saturated rings. The van der Waals surface area contributed by atoms with Crippen LogP contribution in [0.2, 0.25) is 5.02 Å². The highest BCUT2D eigenvalue weighted by Crippen LogP contribution is 2.48. The number of halogens is 1. The van der Waals surface area contributed by atoms with Gasteiger partial charge in [0, 0.05) is 24.7 Å². The molecule has 9 heteroatoms. The summed E-state index contributed by atoms with van der Waals surface area (Å²) in [6, 6.07) is 13.5. The van der Waals surface area contributed by atoms with E-state index in [4.69, 9.17) is 21.5 Å². The maximum atomic E-state index is 12.8. The van der Waals surface area contributed by atoms with E-state index in [1.165, 1.54) is 23.5 Å². The lowest BCUT2D eigenvalue weighted by Crippen LogP contribution is -2.12. The molecule has 1 heterocycles. The van der Waals surface area contributed by atoms with Gasteiger partial charge in [-0.3, -0.25) is 0 Å². The monoisotopic (exact) mass is 464 g/mol. The molecule has 0 bridgehead atoms. The molecule has 0 unspecified atom stereocenters. The van der Waals surface area contributed by atoms with Gasteiger partial charge in [0.05, 0.1) is 22.1 Å². The minimum absolute atomic E-state index is 0.00323. The fourth-order valence-electron chi connectivity index (χ4n) is 3.07. The Hall–Kier alpha value is -2.39. The number of nitrogens with two attached hydrogens (primary N) is 1. The fourth-order valence-corrected chi connectivity index (χ4v) is 5.01. The van der Waals surface area contributed by atoms with E-state index in [-0.39, 0.29) is 11.5 Å². The van der Waals surface area contributed by atoms with Crippen LogP contribution >= 0.6 is 22.9 Å². The Bertz CT molecular complexity index is 1170. The molecule has 1 aromatic heterocycles. The zero-order valence-electron chi connectivity index (χ0n) is 16.7. The van der Waals surface area contributed by atoms with E-state index in [2.05, 4.69) is 0 Å². The highest BCUT2D eigenvalue weighted by atomic mass is 35.5. The first-order chi connectivity index (χ1) is 14.1. The Labute approximate surface area is 184 Å². The first-order valence-corrected chi connectivity index (χ1v) is 11.8. The number of carbonyl (C=O) groups excluding carboxylic acids is 1. The topological polar surface area (TPSA) is 89.7 Å². The summed E-state index contributed by atoms with van der Waals surface area (Å²) in [6.45, 7) is 1.99. The van der Waals surface area contributed by atoms with Gasteiger partial charge in [-0.25, -0.2) is 18.4 Å². The second-order valence-electron chi connectivity index (χ2n) is 6.68.